The van der Waals surface area contributed by atoms with Crippen molar-refractivity contribution in [1.29, 1.82) is 0 Å². The van der Waals surface area contributed by atoms with Gasteiger partial charge in [-0.3, -0.25) is 9.48 Å². The van der Waals surface area contributed by atoms with Crippen LogP contribution < -0.4 is 4.74 Å². The molecule has 4 nitrogen and oxygen atoms in total. The molecule has 0 aliphatic rings. The van der Waals surface area contributed by atoms with Crippen LogP contribution in [-0.2, 0) is 0 Å². The Kier molecular flexibility index (Phi) is 4.23. The lowest BCUT2D eigenvalue weighted by Crippen LogP contribution is -2.15. The van der Waals surface area contributed by atoms with Crippen LogP contribution in [0.5, 0.6) is 5.75 Å². The van der Waals surface area contributed by atoms with Gasteiger partial charge in [0.1, 0.15) is 5.82 Å². The van der Waals surface area contributed by atoms with Crippen LogP contribution in [0.3, 0.4) is 0 Å². The SMILES string of the molecule is COc1cnn(C(C)C)c1C(=O)c1cccc(Br)c1F. The molecule has 0 spiro atoms. The highest BCUT2D eigenvalue weighted by Gasteiger charge is 2.25. The molecule has 0 N–H and O–H groups in total. The Labute approximate surface area is 124 Å². The van der Waals surface area contributed by atoms with Crippen molar-refractivity contribution in [2.45, 2.75) is 19.9 Å². The van der Waals surface area contributed by atoms with E-state index in [1.54, 1.807) is 12.1 Å². The van der Waals surface area contributed by atoms with Gasteiger partial charge >= 0.3 is 0 Å². The highest BCUT2D eigenvalue weighted by molar-refractivity contribution is 9.10. The summed E-state index contributed by atoms with van der Waals surface area (Å²) in [5, 5.41) is 4.12. The van der Waals surface area contributed by atoms with Crippen molar-refractivity contribution in [3.05, 3.63) is 45.9 Å². The Hall–Kier alpha value is -1.69. The molecule has 0 aliphatic heterocycles. The number of halogens is 2. The first-order valence-electron chi connectivity index (χ1n) is 6.07. The molecule has 0 aliphatic carbocycles. The van der Waals surface area contributed by atoms with Gasteiger partial charge in [0, 0.05) is 6.04 Å². The normalized spacial score (nSPS) is 10.9. The van der Waals surface area contributed by atoms with Crippen molar-refractivity contribution in [1.82, 2.24) is 9.78 Å². The van der Waals surface area contributed by atoms with Gasteiger partial charge in [0.15, 0.2) is 11.4 Å². The summed E-state index contributed by atoms with van der Waals surface area (Å²) in [5.41, 5.74) is 0.236. The Bertz CT molecular complexity index is 653. The minimum absolute atomic E-state index is 0.0138. The third-order valence-electron chi connectivity index (χ3n) is 2.88. The molecule has 1 aromatic carbocycles. The fourth-order valence-electron chi connectivity index (χ4n) is 1.91. The maximum Gasteiger partial charge on any atom is 0.217 e. The van der Waals surface area contributed by atoms with E-state index in [4.69, 9.17) is 4.74 Å². The van der Waals surface area contributed by atoms with Crippen LogP contribution in [-0.4, -0.2) is 22.7 Å². The molecule has 1 heterocycles. The van der Waals surface area contributed by atoms with E-state index in [-0.39, 0.29) is 21.8 Å². The zero-order chi connectivity index (χ0) is 14.9. The van der Waals surface area contributed by atoms with Gasteiger partial charge in [-0.05, 0) is 41.9 Å². The summed E-state index contributed by atoms with van der Waals surface area (Å²) < 4.78 is 21.0. The molecule has 0 radical (unpaired) electrons. The third-order valence-corrected chi connectivity index (χ3v) is 3.49. The second-order valence-electron chi connectivity index (χ2n) is 4.53. The summed E-state index contributed by atoms with van der Waals surface area (Å²) in [6.45, 7) is 3.78. The summed E-state index contributed by atoms with van der Waals surface area (Å²) in [5.74, 6) is -0.703. The highest BCUT2D eigenvalue weighted by atomic mass is 79.9. The first-order valence-corrected chi connectivity index (χ1v) is 6.86. The monoisotopic (exact) mass is 340 g/mol. The van der Waals surface area contributed by atoms with Gasteiger partial charge in [0.05, 0.1) is 23.3 Å². The summed E-state index contributed by atoms with van der Waals surface area (Å²) in [6, 6.07) is 4.57. The van der Waals surface area contributed by atoms with Crippen LogP contribution in [0.25, 0.3) is 0 Å². The van der Waals surface area contributed by atoms with E-state index in [0.717, 1.165) is 0 Å². The highest BCUT2D eigenvalue weighted by Crippen LogP contribution is 2.27. The van der Waals surface area contributed by atoms with E-state index in [0.29, 0.717) is 5.75 Å². The molecule has 20 heavy (non-hydrogen) atoms. The molecule has 0 saturated heterocycles. The van der Waals surface area contributed by atoms with E-state index in [2.05, 4.69) is 21.0 Å². The predicted molar refractivity (Wildman–Crippen MR) is 76.7 cm³/mol. The molecule has 0 atom stereocenters. The first-order chi connectivity index (χ1) is 9.47. The maximum absolute atomic E-state index is 14.1. The quantitative estimate of drug-likeness (QED) is 0.798. The average molecular weight is 341 g/mol. The van der Waals surface area contributed by atoms with Gasteiger partial charge in [0.25, 0.3) is 0 Å². The van der Waals surface area contributed by atoms with E-state index in [9.17, 15) is 9.18 Å². The van der Waals surface area contributed by atoms with Crippen molar-refractivity contribution in [2.24, 2.45) is 0 Å². The number of aromatic nitrogens is 2. The second kappa shape index (κ2) is 5.75. The number of nitrogens with zero attached hydrogens (tertiary/aromatic N) is 2. The van der Waals surface area contributed by atoms with Gasteiger partial charge in [-0.1, -0.05) is 6.07 Å². The van der Waals surface area contributed by atoms with Crippen LogP contribution in [0.1, 0.15) is 35.9 Å². The summed E-state index contributed by atoms with van der Waals surface area (Å²) in [6.07, 6.45) is 1.46. The minimum atomic E-state index is -0.587. The number of carbonyl (C=O) groups is 1. The first kappa shape index (κ1) is 14.7. The summed E-state index contributed by atoms with van der Waals surface area (Å²) >= 11 is 3.08. The van der Waals surface area contributed by atoms with Gasteiger partial charge < -0.3 is 4.74 Å². The molecule has 6 heteroatoms. The summed E-state index contributed by atoms with van der Waals surface area (Å²) in [7, 11) is 1.45. The summed E-state index contributed by atoms with van der Waals surface area (Å²) in [4.78, 5) is 12.6. The zero-order valence-corrected chi connectivity index (χ0v) is 12.9. The molecular formula is C14H14BrFN2O2. The number of hydrogen-bond acceptors (Lipinski definition) is 3. The molecule has 0 fully saturated rings. The molecule has 106 valence electrons. The van der Waals surface area contributed by atoms with Crippen LogP contribution in [0.4, 0.5) is 4.39 Å². The number of methoxy groups -OCH3 is 1. The van der Waals surface area contributed by atoms with Gasteiger partial charge in [-0.2, -0.15) is 5.10 Å². The van der Waals surface area contributed by atoms with Crippen molar-refractivity contribution in [2.75, 3.05) is 7.11 Å². The Morgan fingerprint density at radius 2 is 2.15 bits per heavy atom. The lowest BCUT2D eigenvalue weighted by atomic mass is 10.1. The predicted octanol–water partition coefficient (Wildman–Crippen LogP) is 3.61. The van der Waals surface area contributed by atoms with Gasteiger partial charge in [-0.25, -0.2) is 4.39 Å². The van der Waals surface area contributed by atoms with Crippen molar-refractivity contribution in [3.8, 4) is 5.75 Å². The van der Waals surface area contributed by atoms with Crippen LogP contribution >= 0.6 is 15.9 Å². The number of rotatable bonds is 4. The maximum atomic E-state index is 14.1. The van der Waals surface area contributed by atoms with Gasteiger partial charge in [0.2, 0.25) is 5.78 Å². The molecule has 2 rings (SSSR count). The van der Waals surface area contributed by atoms with Crippen LogP contribution in [0, 0.1) is 5.82 Å². The molecule has 0 unspecified atom stereocenters. The number of benzene rings is 1. The lowest BCUT2D eigenvalue weighted by Gasteiger charge is -2.12. The van der Waals surface area contributed by atoms with E-state index in [1.165, 1.54) is 24.1 Å². The third kappa shape index (κ3) is 2.47. The molecule has 2 aromatic rings. The molecule has 0 bridgehead atoms. The number of hydrogen-bond donors (Lipinski definition) is 0. The number of ether oxygens (including phenoxy) is 1. The molecule has 0 amide bonds. The van der Waals surface area contributed by atoms with E-state index in [1.807, 2.05) is 13.8 Å². The second-order valence-corrected chi connectivity index (χ2v) is 5.38. The largest absolute Gasteiger partial charge is 0.493 e. The minimum Gasteiger partial charge on any atom is -0.493 e. The molecule has 0 saturated carbocycles. The standard InChI is InChI=1S/C14H14BrFN2O2/c1-8(2)18-13(11(20-3)7-17-18)14(19)9-5-4-6-10(15)12(9)16/h4-8H,1-3H3. The number of ketones is 1. The van der Waals surface area contributed by atoms with E-state index < -0.39 is 11.6 Å². The Morgan fingerprint density at radius 1 is 1.45 bits per heavy atom. The smallest absolute Gasteiger partial charge is 0.217 e. The Balaban J connectivity index is 2.58. The fraction of sp³-hybridized carbons (Fsp3) is 0.286. The molecule has 1 aromatic heterocycles. The van der Waals surface area contributed by atoms with E-state index >= 15 is 0 Å². The number of carbonyl (C=O) groups excluding carboxylic acids is 1. The average Bonchev–Trinajstić information content (AvgIpc) is 2.85. The van der Waals surface area contributed by atoms with Crippen molar-refractivity contribution < 1.29 is 13.9 Å². The van der Waals surface area contributed by atoms with Gasteiger partial charge in [-0.15, -0.1) is 0 Å². The van der Waals surface area contributed by atoms with Crippen LogP contribution in [0.15, 0.2) is 28.9 Å². The zero-order valence-electron chi connectivity index (χ0n) is 11.4. The molecular weight excluding hydrogens is 327 g/mol. The Morgan fingerprint density at radius 3 is 2.75 bits per heavy atom. The topological polar surface area (TPSA) is 44.1 Å². The van der Waals surface area contributed by atoms with Crippen LogP contribution in [0.2, 0.25) is 0 Å². The lowest BCUT2D eigenvalue weighted by molar-refractivity contribution is 0.102. The van der Waals surface area contributed by atoms with Crippen molar-refractivity contribution >= 4 is 21.7 Å². The fourth-order valence-corrected chi connectivity index (χ4v) is 2.28. The van der Waals surface area contributed by atoms with Crippen molar-refractivity contribution in [3.63, 3.8) is 0 Å².